The van der Waals surface area contributed by atoms with E-state index in [1.807, 2.05) is 25.1 Å². The summed E-state index contributed by atoms with van der Waals surface area (Å²) in [6, 6.07) is 5.73. The zero-order valence-electron chi connectivity index (χ0n) is 11.5. The Hall–Kier alpha value is -1.33. The van der Waals surface area contributed by atoms with Crippen LogP contribution in [-0.4, -0.2) is 25.7 Å². The van der Waals surface area contributed by atoms with Crippen LogP contribution in [0.1, 0.15) is 23.0 Å². The summed E-state index contributed by atoms with van der Waals surface area (Å²) in [4.78, 5) is 12.2. The molecule has 0 radical (unpaired) electrons. The number of rotatable bonds is 3. The van der Waals surface area contributed by atoms with Gasteiger partial charge in [0.1, 0.15) is 5.58 Å². The number of carbonyl (C=O) groups is 1. The Kier molecular flexibility index (Phi) is 3.34. The highest BCUT2D eigenvalue weighted by molar-refractivity contribution is 9.10. The Balaban J connectivity index is 1.82. The maximum Gasteiger partial charge on any atom is 0.287 e. The maximum absolute atomic E-state index is 12.2. The van der Waals surface area contributed by atoms with Crippen LogP contribution >= 0.6 is 15.9 Å². The molecule has 0 atom stereocenters. The predicted octanol–water partition coefficient (Wildman–Crippen LogP) is 3.27. The van der Waals surface area contributed by atoms with Gasteiger partial charge in [0.2, 0.25) is 0 Å². The van der Waals surface area contributed by atoms with Crippen molar-refractivity contribution >= 4 is 32.8 Å². The molecule has 5 heteroatoms. The first-order valence-electron chi connectivity index (χ1n) is 6.53. The van der Waals surface area contributed by atoms with Gasteiger partial charge in [-0.2, -0.15) is 0 Å². The smallest absolute Gasteiger partial charge is 0.287 e. The third-order valence-corrected chi connectivity index (χ3v) is 4.17. The fourth-order valence-electron chi connectivity index (χ4n) is 2.34. The maximum atomic E-state index is 12.2. The minimum absolute atomic E-state index is 0.0542. The molecule has 2 heterocycles. The molecule has 1 amide bonds. The van der Waals surface area contributed by atoms with Crippen LogP contribution < -0.4 is 5.32 Å². The number of carbonyl (C=O) groups excluding carboxylic acids is 1. The Morgan fingerprint density at radius 1 is 1.45 bits per heavy atom. The lowest BCUT2D eigenvalue weighted by atomic mass is 9.89. The summed E-state index contributed by atoms with van der Waals surface area (Å²) in [7, 11) is 0. The Bertz CT molecular complexity index is 673. The second-order valence-electron chi connectivity index (χ2n) is 5.68. The summed E-state index contributed by atoms with van der Waals surface area (Å²) in [5, 5.41) is 3.89. The highest BCUT2D eigenvalue weighted by atomic mass is 79.9. The fourth-order valence-corrected chi connectivity index (χ4v) is 2.70. The average molecular weight is 338 g/mol. The number of hydrogen-bond donors (Lipinski definition) is 1. The molecule has 4 nitrogen and oxygen atoms in total. The van der Waals surface area contributed by atoms with Crippen molar-refractivity contribution in [3.63, 3.8) is 0 Å². The van der Waals surface area contributed by atoms with E-state index in [4.69, 9.17) is 9.15 Å². The van der Waals surface area contributed by atoms with Gasteiger partial charge >= 0.3 is 0 Å². The van der Waals surface area contributed by atoms with Gasteiger partial charge in [-0.15, -0.1) is 0 Å². The van der Waals surface area contributed by atoms with E-state index in [1.165, 1.54) is 0 Å². The van der Waals surface area contributed by atoms with Crippen LogP contribution in [0.15, 0.2) is 27.1 Å². The van der Waals surface area contributed by atoms with Crippen molar-refractivity contribution in [2.24, 2.45) is 5.41 Å². The number of amides is 1. The van der Waals surface area contributed by atoms with Gasteiger partial charge in [0.15, 0.2) is 5.76 Å². The molecule has 3 rings (SSSR count). The standard InChI is InChI=1S/C15H16BrNO3/c1-9-11-5-10(16)3-4-12(11)20-13(9)14(18)17-6-15(2)7-19-8-15/h3-5H,6-8H2,1-2H3,(H,17,18). The van der Waals surface area contributed by atoms with Gasteiger partial charge in [0.05, 0.1) is 13.2 Å². The number of ether oxygens (including phenoxy) is 1. The largest absolute Gasteiger partial charge is 0.451 e. The quantitative estimate of drug-likeness (QED) is 0.935. The second-order valence-corrected chi connectivity index (χ2v) is 6.60. The molecule has 1 N–H and O–H groups in total. The highest BCUT2D eigenvalue weighted by Gasteiger charge is 2.34. The van der Waals surface area contributed by atoms with Gasteiger partial charge in [0, 0.05) is 27.4 Å². The van der Waals surface area contributed by atoms with E-state index in [2.05, 4.69) is 28.2 Å². The molecule has 2 aromatic rings. The van der Waals surface area contributed by atoms with Gasteiger partial charge in [-0.1, -0.05) is 22.9 Å². The molecule has 1 aromatic heterocycles. The third-order valence-electron chi connectivity index (χ3n) is 3.68. The number of aryl methyl sites for hydroxylation is 1. The van der Waals surface area contributed by atoms with E-state index in [1.54, 1.807) is 0 Å². The van der Waals surface area contributed by atoms with E-state index in [9.17, 15) is 4.79 Å². The average Bonchev–Trinajstić information content (AvgIpc) is 2.71. The summed E-state index contributed by atoms with van der Waals surface area (Å²) >= 11 is 3.43. The molecule has 0 spiro atoms. The zero-order valence-corrected chi connectivity index (χ0v) is 13.0. The molecular weight excluding hydrogens is 322 g/mol. The summed E-state index contributed by atoms with van der Waals surface area (Å²) in [6.45, 7) is 5.99. The van der Waals surface area contributed by atoms with Gasteiger partial charge < -0.3 is 14.5 Å². The van der Waals surface area contributed by atoms with E-state index in [-0.39, 0.29) is 11.3 Å². The van der Waals surface area contributed by atoms with Crippen LogP contribution in [0.3, 0.4) is 0 Å². The van der Waals surface area contributed by atoms with Crippen LogP contribution in [0.4, 0.5) is 0 Å². The first kappa shape index (κ1) is 13.6. The lowest BCUT2D eigenvalue weighted by Crippen LogP contribution is -2.48. The second kappa shape index (κ2) is 4.90. The van der Waals surface area contributed by atoms with Gasteiger partial charge in [-0.3, -0.25) is 4.79 Å². The van der Waals surface area contributed by atoms with Crippen molar-refractivity contribution in [3.8, 4) is 0 Å². The number of hydrogen-bond acceptors (Lipinski definition) is 3. The van der Waals surface area contributed by atoms with Crippen LogP contribution in [0.2, 0.25) is 0 Å². The van der Waals surface area contributed by atoms with Crippen molar-refractivity contribution in [2.75, 3.05) is 19.8 Å². The summed E-state index contributed by atoms with van der Waals surface area (Å²) in [5.74, 6) is 0.227. The molecule has 1 aliphatic heterocycles. The van der Waals surface area contributed by atoms with Crippen LogP contribution in [-0.2, 0) is 4.74 Å². The minimum Gasteiger partial charge on any atom is -0.451 e. The molecule has 0 saturated carbocycles. The van der Waals surface area contributed by atoms with Gasteiger partial charge in [0.25, 0.3) is 5.91 Å². The SMILES string of the molecule is Cc1c(C(=O)NCC2(C)COC2)oc2ccc(Br)cc12. The van der Waals surface area contributed by atoms with Crippen LogP contribution in [0.25, 0.3) is 11.0 Å². The van der Waals surface area contributed by atoms with Crippen LogP contribution in [0, 0.1) is 12.3 Å². The molecule has 1 aromatic carbocycles. The molecule has 20 heavy (non-hydrogen) atoms. The first-order valence-corrected chi connectivity index (χ1v) is 7.32. The Morgan fingerprint density at radius 2 is 2.20 bits per heavy atom. The topological polar surface area (TPSA) is 51.5 Å². The Morgan fingerprint density at radius 3 is 2.85 bits per heavy atom. The summed E-state index contributed by atoms with van der Waals surface area (Å²) < 4.78 is 11.8. The van der Waals surface area contributed by atoms with Crippen LogP contribution in [0.5, 0.6) is 0 Å². The van der Waals surface area contributed by atoms with Crippen molar-refractivity contribution in [1.29, 1.82) is 0 Å². The minimum atomic E-state index is -0.164. The lowest BCUT2D eigenvalue weighted by Gasteiger charge is -2.37. The molecule has 106 valence electrons. The monoisotopic (exact) mass is 337 g/mol. The Labute approximate surface area is 125 Å². The van der Waals surface area contributed by atoms with E-state index in [0.29, 0.717) is 25.5 Å². The van der Waals surface area contributed by atoms with E-state index in [0.717, 1.165) is 21.0 Å². The van der Waals surface area contributed by atoms with Crippen molar-refractivity contribution in [1.82, 2.24) is 5.32 Å². The fraction of sp³-hybridized carbons (Fsp3) is 0.400. The van der Waals surface area contributed by atoms with Crippen molar-refractivity contribution in [2.45, 2.75) is 13.8 Å². The van der Waals surface area contributed by atoms with Crippen molar-refractivity contribution < 1.29 is 13.9 Å². The normalized spacial score (nSPS) is 16.9. The number of nitrogens with one attached hydrogen (secondary N) is 1. The lowest BCUT2D eigenvalue weighted by molar-refractivity contribution is -0.0978. The van der Waals surface area contributed by atoms with Gasteiger partial charge in [-0.25, -0.2) is 0 Å². The predicted molar refractivity (Wildman–Crippen MR) is 79.9 cm³/mol. The molecule has 0 bridgehead atoms. The number of benzene rings is 1. The summed E-state index contributed by atoms with van der Waals surface area (Å²) in [5.41, 5.74) is 1.65. The number of fused-ring (bicyclic) bond motifs is 1. The highest BCUT2D eigenvalue weighted by Crippen LogP contribution is 2.29. The number of furan rings is 1. The molecule has 1 fully saturated rings. The van der Waals surface area contributed by atoms with Gasteiger partial charge in [-0.05, 0) is 25.1 Å². The molecule has 1 aliphatic rings. The number of halogens is 1. The molecule has 1 saturated heterocycles. The first-order chi connectivity index (χ1) is 9.48. The third kappa shape index (κ3) is 2.36. The zero-order chi connectivity index (χ0) is 14.3. The molecule has 0 aliphatic carbocycles. The van der Waals surface area contributed by atoms with E-state index >= 15 is 0 Å². The van der Waals surface area contributed by atoms with Crippen molar-refractivity contribution in [3.05, 3.63) is 34.0 Å². The summed E-state index contributed by atoms with van der Waals surface area (Å²) in [6.07, 6.45) is 0. The molecular formula is C15H16BrNO3. The van der Waals surface area contributed by atoms with E-state index < -0.39 is 0 Å². The molecule has 0 unspecified atom stereocenters.